The second kappa shape index (κ2) is 9.42. The minimum Gasteiger partial charge on any atom is -0.481 e. The van der Waals surface area contributed by atoms with Crippen LogP contribution in [0.4, 0.5) is 5.69 Å². The summed E-state index contributed by atoms with van der Waals surface area (Å²) in [5.74, 6) is -0.535. The number of unbranched alkanes of at least 4 members (excludes halogenated alkanes) is 1. The van der Waals surface area contributed by atoms with Crippen LogP contribution in [0.15, 0.2) is 24.3 Å². The van der Waals surface area contributed by atoms with Crippen LogP contribution >= 0.6 is 0 Å². The molecule has 1 aliphatic rings. The SMILES string of the molecule is CCC(=O)c1ccccc1NC1CCN(CCCCC(=O)O)CC1. The van der Waals surface area contributed by atoms with Gasteiger partial charge < -0.3 is 15.3 Å². The van der Waals surface area contributed by atoms with E-state index in [0.29, 0.717) is 12.5 Å². The highest BCUT2D eigenvalue weighted by molar-refractivity contribution is 6.01. The molecule has 5 nitrogen and oxygen atoms in total. The zero-order valence-electron chi connectivity index (χ0n) is 14.5. The lowest BCUT2D eigenvalue weighted by molar-refractivity contribution is -0.137. The molecule has 1 aromatic carbocycles. The second-order valence-corrected chi connectivity index (χ2v) is 6.43. The van der Waals surface area contributed by atoms with E-state index in [4.69, 9.17) is 5.11 Å². The normalized spacial score (nSPS) is 16.0. The maximum absolute atomic E-state index is 12.0. The molecule has 0 aromatic heterocycles. The number of nitrogens with zero attached hydrogens (tertiary/aromatic N) is 1. The maximum Gasteiger partial charge on any atom is 0.303 e. The van der Waals surface area contributed by atoms with E-state index in [2.05, 4.69) is 10.2 Å². The molecular weight excluding hydrogens is 304 g/mol. The summed E-state index contributed by atoms with van der Waals surface area (Å²) in [6.07, 6.45) is 4.58. The van der Waals surface area contributed by atoms with E-state index in [-0.39, 0.29) is 12.2 Å². The van der Waals surface area contributed by atoms with Crippen LogP contribution in [-0.2, 0) is 4.79 Å². The molecule has 0 amide bonds. The van der Waals surface area contributed by atoms with Crippen molar-refractivity contribution in [1.29, 1.82) is 0 Å². The molecule has 0 atom stereocenters. The lowest BCUT2D eigenvalue weighted by Crippen LogP contribution is -2.39. The molecule has 1 aromatic rings. The summed E-state index contributed by atoms with van der Waals surface area (Å²) in [4.78, 5) is 25.0. The molecule has 1 saturated heterocycles. The Morgan fingerprint density at radius 3 is 2.58 bits per heavy atom. The molecule has 1 aliphatic heterocycles. The highest BCUT2D eigenvalue weighted by atomic mass is 16.4. The smallest absolute Gasteiger partial charge is 0.303 e. The second-order valence-electron chi connectivity index (χ2n) is 6.43. The number of nitrogens with one attached hydrogen (secondary N) is 1. The number of aliphatic carboxylic acids is 1. The molecule has 132 valence electrons. The Balaban J connectivity index is 1.77. The summed E-state index contributed by atoms with van der Waals surface area (Å²) < 4.78 is 0. The molecule has 5 heteroatoms. The van der Waals surface area contributed by atoms with Gasteiger partial charge in [0.2, 0.25) is 0 Å². The molecule has 2 rings (SSSR count). The van der Waals surface area contributed by atoms with Gasteiger partial charge in [-0.1, -0.05) is 19.1 Å². The molecule has 0 unspecified atom stereocenters. The molecule has 2 N–H and O–H groups in total. The number of rotatable bonds is 9. The first-order chi connectivity index (χ1) is 11.6. The van der Waals surface area contributed by atoms with Gasteiger partial charge in [0.1, 0.15) is 0 Å². The zero-order valence-corrected chi connectivity index (χ0v) is 14.5. The summed E-state index contributed by atoms with van der Waals surface area (Å²) in [5, 5.41) is 12.2. The fourth-order valence-electron chi connectivity index (χ4n) is 3.18. The third-order valence-corrected chi connectivity index (χ3v) is 4.61. The largest absolute Gasteiger partial charge is 0.481 e. The number of hydrogen-bond donors (Lipinski definition) is 2. The molecule has 0 spiro atoms. The Morgan fingerprint density at radius 2 is 1.92 bits per heavy atom. The van der Waals surface area contributed by atoms with Crippen LogP contribution in [0.3, 0.4) is 0 Å². The number of carboxylic acids is 1. The first kappa shape index (κ1) is 18.5. The van der Waals surface area contributed by atoms with E-state index in [1.54, 1.807) is 0 Å². The van der Waals surface area contributed by atoms with Gasteiger partial charge in [0.05, 0.1) is 0 Å². The van der Waals surface area contributed by atoms with Crippen LogP contribution in [0, 0.1) is 0 Å². The van der Waals surface area contributed by atoms with E-state index >= 15 is 0 Å². The summed E-state index contributed by atoms with van der Waals surface area (Å²) in [6, 6.07) is 8.15. The third kappa shape index (κ3) is 5.64. The number of anilines is 1. The standard InChI is InChI=1S/C19H28N2O3/c1-2-18(22)16-7-3-4-8-17(16)20-15-10-13-21(14-11-15)12-6-5-9-19(23)24/h3-4,7-8,15,20H,2,5-6,9-14H2,1H3,(H,23,24). The van der Waals surface area contributed by atoms with Crippen LogP contribution < -0.4 is 5.32 Å². The molecule has 1 heterocycles. The maximum atomic E-state index is 12.0. The number of piperidine rings is 1. The van der Waals surface area contributed by atoms with Crippen molar-refractivity contribution in [1.82, 2.24) is 4.90 Å². The monoisotopic (exact) mass is 332 g/mol. The van der Waals surface area contributed by atoms with Crippen molar-refractivity contribution in [2.75, 3.05) is 25.0 Å². The lowest BCUT2D eigenvalue weighted by Gasteiger charge is -2.33. The van der Waals surface area contributed by atoms with Crippen LogP contribution in [0.2, 0.25) is 0 Å². The Kier molecular flexibility index (Phi) is 7.25. The van der Waals surface area contributed by atoms with Crippen molar-refractivity contribution in [3.8, 4) is 0 Å². The number of benzene rings is 1. The van der Waals surface area contributed by atoms with Crippen molar-refractivity contribution >= 4 is 17.4 Å². The summed E-state index contributed by atoms with van der Waals surface area (Å²) in [5.41, 5.74) is 1.74. The van der Waals surface area contributed by atoms with Crippen molar-refractivity contribution in [3.05, 3.63) is 29.8 Å². The Labute approximate surface area is 144 Å². The number of carbonyl (C=O) groups is 2. The highest BCUT2D eigenvalue weighted by Crippen LogP contribution is 2.21. The predicted molar refractivity (Wildman–Crippen MR) is 95.6 cm³/mol. The average Bonchev–Trinajstić information content (AvgIpc) is 2.60. The predicted octanol–water partition coefficient (Wildman–Crippen LogP) is 3.41. The number of carbonyl (C=O) groups excluding carboxylic acids is 1. The van der Waals surface area contributed by atoms with Crippen LogP contribution in [-0.4, -0.2) is 47.4 Å². The van der Waals surface area contributed by atoms with Gasteiger partial charge >= 0.3 is 5.97 Å². The Hall–Kier alpha value is -1.88. The Bertz CT molecular complexity index is 551. The fraction of sp³-hybridized carbons (Fsp3) is 0.579. The number of ketones is 1. The van der Waals surface area contributed by atoms with Crippen molar-refractivity contribution < 1.29 is 14.7 Å². The van der Waals surface area contributed by atoms with Crippen LogP contribution in [0.5, 0.6) is 0 Å². The number of Topliss-reactive ketones (excluding diaryl/α,β-unsaturated/α-hetero) is 1. The molecular formula is C19H28N2O3. The van der Waals surface area contributed by atoms with Gasteiger partial charge in [0.15, 0.2) is 5.78 Å². The minimum atomic E-state index is -0.710. The molecule has 0 aliphatic carbocycles. The van der Waals surface area contributed by atoms with E-state index in [1.165, 1.54) is 0 Å². The average molecular weight is 332 g/mol. The lowest BCUT2D eigenvalue weighted by atomic mass is 10.0. The topological polar surface area (TPSA) is 69.6 Å². The zero-order chi connectivity index (χ0) is 17.4. The number of para-hydroxylation sites is 1. The van der Waals surface area contributed by atoms with Gasteiger partial charge in [0.25, 0.3) is 0 Å². The van der Waals surface area contributed by atoms with E-state index < -0.39 is 5.97 Å². The quantitative estimate of drug-likeness (QED) is 0.536. The van der Waals surface area contributed by atoms with Gasteiger partial charge in [-0.15, -0.1) is 0 Å². The van der Waals surface area contributed by atoms with Crippen LogP contribution in [0.1, 0.15) is 55.8 Å². The fourth-order valence-corrected chi connectivity index (χ4v) is 3.18. The number of hydrogen-bond acceptors (Lipinski definition) is 4. The minimum absolute atomic E-state index is 0.175. The van der Waals surface area contributed by atoms with Crippen LogP contribution in [0.25, 0.3) is 0 Å². The van der Waals surface area contributed by atoms with Crippen molar-refractivity contribution in [2.24, 2.45) is 0 Å². The molecule has 1 fully saturated rings. The summed E-state index contributed by atoms with van der Waals surface area (Å²) >= 11 is 0. The number of carboxylic acid groups (broad SMARTS) is 1. The Morgan fingerprint density at radius 1 is 1.21 bits per heavy atom. The van der Waals surface area contributed by atoms with E-state index in [9.17, 15) is 9.59 Å². The van der Waals surface area contributed by atoms with Gasteiger partial charge in [-0.25, -0.2) is 0 Å². The number of likely N-dealkylation sites (tertiary alicyclic amines) is 1. The summed E-state index contributed by atoms with van der Waals surface area (Å²) in [6.45, 7) is 4.91. The van der Waals surface area contributed by atoms with Crippen molar-refractivity contribution in [2.45, 2.75) is 51.5 Å². The van der Waals surface area contributed by atoms with Gasteiger partial charge in [-0.3, -0.25) is 9.59 Å². The highest BCUT2D eigenvalue weighted by Gasteiger charge is 2.20. The summed E-state index contributed by atoms with van der Waals surface area (Å²) in [7, 11) is 0. The molecule has 0 radical (unpaired) electrons. The van der Waals surface area contributed by atoms with Gasteiger partial charge in [-0.2, -0.15) is 0 Å². The van der Waals surface area contributed by atoms with Gasteiger partial charge in [-0.05, 0) is 44.4 Å². The van der Waals surface area contributed by atoms with E-state index in [0.717, 1.165) is 56.6 Å². The molecule has 0 saturated carbocycles. The first-order valence-corrected chi connectivity index (χ1v) is 8.93. The molecule has 24 heavy (non-hydrogen) atoms. The molecule has 0 bridgehead atoms. The van der Waals surface area contributed by atoms with E-state index in [1.807, 2.05) is 31.2 Å². The van der Waals surface area contributed by atoms with Gasteiger partial charge in [0, 0.05) is 43.2 Å². The first-order valence-electron chi connectivity index (χ1n) is 8.93. The van der Waals surface area contributed by atoms with Crippen molar-refractivity contribution in [3.63, 3.8) is 0 Å². The third-order valence-electron chi connectivity index (χ3n) is 4.61.